The number of hydrogen-bond donors (Lipinski definition) is 1. The first-order valence-corrected chi connectivity index (χ1v) is 8.10. The molecule has 0 radical (unpaired) electrons. The van der Waals surface area contributed by atoms with Gasteiger partial charge in [-0.25, -0.2) is 4.79 Å². The fourth-order valence-electron chi connectivity index (χ4n) is 1.62. The Bertz CT molecular complexity index is 503. The maximum absolute atomic E-state index is 10.5. The number of thioether (sulfide) groups is 1. The summed E-state index contributed by atoms with van der Waals surface area (Å²) in [7, 11) is 1.52. The molecule has 1 aromatic carbocycles. The highest BCUT2D eigenvalue weighted by Gasteiger charge is 2.11. The smallest absolute Gasteiger partial charge is 0.328 e. The third kappa shape index (κ3) is 6.31. The zero-order valence-electron chi connectivity index (χ0n) is 12.1. The summed E-state index contributed by atoms with van der Waals surface area (Å²) < 4.78 is 10.9. The Morgan fingerprint density at radius 1 is 1.48 bits per heavy atom. The van der Waals surface area contributed by atoms with Crippen molar-refractivity contribution in [3.63, 3.8) is 0 Å². The number of benzene rings is 1. The molecule has 0 fully saturated rings. The van der Waals surface area contributed by atoms with Crippen LogP contribution in [-0.2, 0) is 4.79 Å². The summed E-state index contributed by atoms with van der Waals surface area (Å²) in [5.41, 5.74) is 0.646. The molecule has 0 aliphatic rings. The minimum absolute atomic E-state index is 0.405. The molecule has 0 aliphatic heterocycles. The van der Waals surface area contributed by atoms with Crippen LogP contribution in [0.25, 0.3) is 6.08 Å². The van der Waals surface area contributed by atoms with Crippen molar-refractivity contribution >= 4 is 35.4 Å². The van der Waals surface area contributed by atoms with Crippen molar-refractivity contribution < 1.29 is 19.4 Å². The molecule has 0 aromatic heterocycles. The molecule has 0 heterocycles. The van der Waals surface area contributed by atoms with Crippen molar-refractivity contribution in [3.8, 4) is 11.5 Å². The standard InChI is InChI=1S/C15H19ClO4S/c1-3-21-8-4-7-20-15-12(16)9-11(5-6-14(17)18)10-13(15)19-2/h5-6,9-10H,3-4,7-8H2,1-2H3,(H,17,18)/b6-5+. The Morgan fingerprint density at radius 3 is 2.86 bits per heavy atom. The zero-order chi connectivity index (χ0) is 15.7. The topological polar surface area (TPSA) is 55.8 Å². The highest BCUT2D eigenvalue weighted by molar-refractivity contribution is 7.99. The molecule has 0 amide bonds. The number of ether oxygens (including phenoxy) is 2. The third-order valence-corrected chi connectivity index (χ3v) is 3.82. The fourth-order valence-corrected chi connectivity index (χ4v) is 2.51. The molecular formula is C15H19ClO4S. The van der Waals surface area contributed by atoms with Crippen molar-refractivity contribution in [2.24, 2.45) is 0 Å². The van der Waals surface area contributed by atoms with Crippen molar-refractivity contribution in [2.75, 3.05) is 25.2 Å². The van der Waals surface area contributed by atoms with Crippen LogP contribution in [-0.4, -0.2) is 36.3 Å². The van der Waals surface area contributed by atoms with E-state index in [1.54, 1.807) is 12.1 Å². The summed E-state index contributed by atoms with van der Waals surface area (Å²) in [5, 5.41) is 9.04. The van der Waals surface area contributed by atoms with Gasteiger partial charge in [-0.1, -0.05) is 18.5 Å². The van der Waals surface area contributed by atoms with Gasteiger partial charge in [-0.2, -0.15) is 11.8 Å². The molecule has 116 valence electrons. The summed E-state index contributed by atoms with van der Waals surface area (Å²) in [5.74, 6) is 2.10. The lowest BCUT2D eigenvalue weighted by Crippen LogP contribution is -2.01. The predicted molar refractivity (Wildman–Crippen MR) is 87.8 cm³/mol. The van der Waals surface area contributed by atoms with Crippen molar-refractivity contribution in [3.05, 3.63) is 28.8 Å². The maximum atomic E-state index is 10.5. The SMILES string of the molecule is CCSCCCOc1c(Cl)cc(/C=C/C(=O)O)cc1OC. The van der Waals surface area contributed by atoms with Crippen LogP contribution in [0, 0.1) is 0 Å². The average molecular weight is 331 g/mol. The van der Waals surface area contributed by atoms with Crippen molar-refractivity contribution in [1.29, 1.82) is 0 Å². The molecule has 0 spiro atoms. The fraction of sp³-hybridized carbons (Fsp3) is 0.400. The number of carbonyl (C=O) groups is 1. The summed E-state index contributed by atoms with van der Waals surface area (Å²) >= 11 is 8.04. The van der Waals surface area contributed by atoms with Crippen LogP contribution in [0.2, 0.25) is 5.02 Å². The Morgan fingerprint density at radius 2 is 2.24 bits per heavy atom. The highest BCUT2D eigenvalue weighted by Crippen LogP contribution is 2.36. The van der Waals surface area contributed by atoms with Crippen LogP contribution in [0.5, 0.6) is 11.5 Å². The van der Waals surface area contributed by atoms with Crippen LogP contribution < -0.4 is 9.47 Å². The number of hydrogen-bond acceptors (Lipinski definition) is 4. The molecule has 4 nitrogen and oxygen atoms in total. The Kier molecular flexibility index (Phi) is 8.08. The second-order valence-corrected chi connectivity index (χ2v) is 5.91. The summed E-state index contributed by atoms with van der Waals surface area (Å²) in [6.07, 6.45) is 3.44. The van der Waals surface area contributed by atoms with Gasteiger partial charge in [0.15, 0.2) is 11.5 Å². The van der Waals surface area contributed by atoms with E-state index in [0.717, 1.165) is 24.0 Å². The molecule has 0 atom stereocenters. The summed E-state index contributed by atoms with van der Waals surface area (Å²) in [6, 6.07) is 3.35. The number of aliphatic carboxylic acids is 1. The van der Waals surface area contributed by atoms with E-state index in [1.807, 2.05) is 11.8 Å². The van der Waals surface area contributed by atoms with E-state index in [1.165, 1.54) is 13.2 Å². The molecule has 0 aliphatic carbocycles. The third-order valence-electron chi connectivity index (χ3n) is 2.55. The largest absolute Gasteiger partial charge is 0.493 e. The average Bonchev–Trinajstić information content (AvgIpc) is 2.46. The molecular weight excluding hydrogens is 312 g/mol. The Labute approximate surface area is 134 Å². The quantitative estimate of drug-likeness (QED) is 0.548. The van der Waals surface area contributed by atoms with Gasteiger partial charge in [0.1, 0.15) is 0 Å². The number of carboxylic acid groups (broad SMARTS) is 1. The summed E-state index contributed by atoms with van der Waals surface area (Å²) in [6.45, 7) is 2.68. The molecule has 21 heavy (non-hydrogen) atoms. The van der Waals surface area contributed by atoms with E-state index in [0.29, 0.717) is 28.7 Å². The van der Waals surface area contributed by atoms with Gasteiger partial charge in [-0.3, -0.25) is 0 Å². The first-order valence-electron chi connectivity index (χ1n) is 6.57. The molecule has 1 N–H and O–H groups in total. The van der Waals surface area contributed by atoms with E-state index in [9.17, 15) is 4.79 Å². The van der Waals surface area contributed by atoms with Crippen LogP contribution in [0.4, 0.5) is 0 Å². The van der Waals surface area contributed by atoms with Crippen LogP contribution >= 0.6 is 23.4 Å². The normalized spacial score (nSPS) is 10.8. The van der Waals surface area contributed by atoms with E-state index >= 15 is 0 Å². The van der Waals surface area contributed by atoms with E-state index in [-0.39, 0.29) is 0 Å². The van der Waals surface area contributed by atoms with Crippen LogP contribution in [0.3, 0.4) is 0 Å². The molecule has 0 saturated heterocycles. The molecule has 0 saturated carbocycles. The van der Waals surface area contributed by atoms with Gasteiger partial charge in [0, 0.05) is 6.08 Å². The van der Waals surface area contributed by atoms with Crippen LogP contribution in [0.15, 0.2) is 18.2 Å². The second-order valence-electron chi connectivity index (χ2n) is 4.10. The first kappa shape index (κ1) is 17.7. The molecule has 6 heteroatoms. The number of rotatable bonds is 9. The molecule has 0 unspecified atom stereocenters. The monoisotopic (exact) mass is 330 g/mol. The van der Waals surface area contributed by atoms with Gasteiger partial charge >= 0.3 is 5.97 Å². The van der Waals surface area contributed by atoms with Crippen LogP contribution in [0.1, 0.15) is 18.9 Å². The van der Waals surface area contributed by atoms with E-state index < -0.39 is 5.97 Å². The molecule has 1 rings (SSSR count). The number of methoxy groups -OCH3 is 1. The highest BCUT2D eigenvalue weighted by atomic mass is 35.5. The Balaban J connectivity index is 2.77. The van der Waals surface area contributed by atoms with Crippen molar-refractivity contribution in [2.45, 2.75) is 13.3 Å². The van der Waals surface area contributed by atoms with Gasteiger partial charge < -0.3 is 14.6 Å². The minimum Gasteiger partial charge on any atom is -0.493 e. The second kappa shape index (κ2) is 9.58. The number of halogens is 1. The lowest BCUT2D eigenvalue weighted by Gasteiger charge is -2.13. The Hall–Kier alpha value is -1.33. The van der Waals surface area contributed by atoms with E-state index in [4.69, 9.17) is 26.2 Å². The number of carboxylic acids is 1. The zero-order valence-corrected chi connectivity index (χ0v) is 13.7. The molecule has 0 bridgehead atoms. The van der Waals surface area contributed by atoms with Gasteiger partial charge in [0.25, 0.3) is 0 Å². The maximum Gasteiger partial charge on any atom is 0.328 e. The predicted octanol–water partition coefficient (Wildman–Crippen LogP) is 3.97. The minimum atomic E-state index is -1.01. The van der Waals surface area contributed by atoms with Gasteiger partial charge in [0.2, 0.25) is 0 Å². The van der Waals surface area contributed by atoms with Crippen molar-refractivity contribution in [1.82, 2.24) is 0 Å². The summed E-state index contributed by atoms with van der Waals surface area (Å²) in [4.78, 5) is 10.5. The first-order chi connectivity index (χ1) is 10.1. The lowest BCUT2D eigenvalue weighted by molar-refractivity contribution is -0.131. The van der Waals surface area contributed by atoms with E-state index in [2.05, 4.69) is 6.92 Å². The van der Waals surface area contributed by atoms with Gasteiger partial charge in [-0.05, 0) is 41.7 Å². The molecule has 1 aromatic rings. The lowest BCUT2D eigenvalue weighted by atomic mass is 10.2. The van der Waals surface area contributed by atoms with Gasteiger partial charge in [0.05, 0.1) is 18.7 Å². The van der Waals surface area contributed by atoms with Gasteiger partial charge in [-0.15, -0.1) is 0 Å².